The molecule has 1 aromatic carbocycles. The van der Waals surface area contributed by atoms with E-state index < -0.39 is 17.5 Å². The fourth-order valence-electron chi connectivity index (χ4n) is 1.21. The van der Waals surface area contributed by atoms with Crippen LogP contribution in [0.5, 0.6) is 0 Å². The standard InChI is InChI=1S/C11H5F3N/c12-7-3-4-8(10(14)6-7)11-9(13)2-1-5-15-11/h1-5H. The van der Waals surface area contributed by atoms with Gasteiger partial charge in [0, 0.05) is 11.8 Å². The van der Waals surface area contributed by atoms with E-state index in [2.05, 4.69) is 4.98 Å². The Morgan fingerprint density at radius 2 is 1.87 bits per heavy atom. The van der Waals surface area contributed by atoms with E-state index in [4.69, 9.17) is 0 Å². The Balaban J connectivity index is 2.60. The summed E-state index contributed by atoms with van der Waals surface area (Å²) in [7, 11) is 0. The van der Waals surface area contributed by atoms with Crippen LogP contribution >= 0.6 is 0 Å². The monoisotopic (exact) mass is 208 g/mol. The highest BCUT2D eigenvalue weighted by atomic mass is 19.1. The molecule has 2 aromatic rings. The number of halogens is 3. The van der Waals surface area contributed by atoms with Crippen LogP contribution in [0.3, 0.4) is 0 Å². The number of benzene rings is 1. The van der Waals surface area contributed by atoms with Gasteiger partial charge in [-0.05, 0) is 24.3 Å². The lowest BCUT2D eigenvalue weighted by Crippen LogP contribution is -1.92. The summed E-state index contributed by atoms with van der Waals surface area (Å²) < 4.78 is 39.0. The molecule has 1 heterocycles. The molecule has 0 aliphatic heterocycles. The average molecular weight is 208 g/mol. The number of pyridine rings is 1. The molecule has 0 fully saturated rings. The first kappa shape index (κ1) is 9.71. The molecule has 1 aromatic heterocycles. The molecule has 2 rings (SSSR count). The molecule has 0 N–H and O–H groups in total. The maximum atomic E-state index is 13.2. The van der Waals surface area contributed by atoms with Crippen molar-refractivity contribution in [3.8, 4) is 11.3 Å². The molecule has 0 spiro atoms. The van der Waals surface area contributed by atoms with Gasteiger partial charge in [-0.15, -0.1) is 0 Å². The van der Waals surface area contributed by atoms with Gasteiger partial charge in [-0.3, -0.25) is 4.98 Å². The third kappa shape index (κ3) is 1.83. The van der Waals surface area contributed by atoms with Crippen molar-refractivity contribution in [2.24, 2.45) is 0 Å². The quantitative estimate of drug-likeness (QED) is 0.702. The highest BCUT2D eigenvalue weighted by molar-refractivity contribution is 5.59. The molecule has 0 saturated carbocycles. The van der Waals surface area contributed by atoms with Crippen LogP contribution in [0.25, 0.3) is 11.3 Å². The minimum absolute atomic E-state index is 0.102. The van der Waals surface area contributed by atoms with E-state index in [-0.39, 0.29) is 11.3 Å². The number of hydrogen-bond donors (Lipinski definition) is 0. The zero-order valence-electron chi connectivity index (χ0n) is 7.47. The third-order valence-corrected chi connectivity index (χ3v) is 1.88. The van der Waals surface area contributed by atoms with Gasteiger partial charge in [0.25, 0.3) is 0 Å². The smallest absolute Gasteiger partial charge is 0.149 e. The maximum absolute atomic E-state index is 13.2. The molecule has 0 saturated heterocycles. The molecule has 0 amide bonds. The Labute approximate surface area is 84.2 Å². The van der Waals surface area contributed by atoms with Gasteiger partial charge >= 0.3 is 0 Å². The van der Waals surface area contributed by atoms with Crippen LogP contribution in [0.4, 0.5) is 13.2 Å². The highest BCUT2D eigenvalue weighted by Crippen LogP contribution is 2.23. The van der Waals surface area contributed by atoms with Crippen LogP contribution in [0.2, 0.25) is 0 Å². The summed E-state index contributed by atoms with van der Waals surface area (Å²) in [6.45, 7) is 0. The summed E-state index contributed by atoms with van der Waals surface area (Å²) in [5.41, 5.74) is -0.249. The Bertz CT molecular complexity index is 497. The largest absolute Gasteiger partial charge is 0.253 e. The van der Waals surface area contributed by atoms with E-state index in [0.29, 0.717) is 0 Å². The van der Waals surface area contributed by atoms with Crippen LogP contribution in [-0.2, 0) is 0 Å². The van der Waals surface area contributed by atoms with Crippen LogP contribution in [0, 0.1) is 23.5 Å². The Hall–Kier alpha value is -1.84. The second-order valence-corrected chi connectivity index (χ2v) is 2.87. The van der Waals surface area contributed by atoms with Crippen LogP contribution in [-0.4, -0.2) is 4.98 Å². The first-order valence-electron chi connectivity index (χ1n) is 4.16. The Kier molecular flexibility index (Phi) is 2.41. The number of aromatic nitrogens is 1. The van der Waals surface area contributed by atoms with E-state index in [1.54, 1.807) is 0 Å². The average Bonchev–Trinajstić information content (AvgIpc) is 2.20. The predicted molar refractivity (Wildman–Crippen MR) is 48.4 cm³/mol. The van der Waals surface area contributed by atoms with Gasteiger partial charge in [0.2, 0.25) is 0 Å². The van der Waals surface area contributed by atoms with E-state index >= 15 is 0 Å². The minimum Gasteiger partial charge on any atom is -0.253 e. The minimum atomic E-state index is -0.951. The van der Waals surface area contributed by atoms with E-state index in [9.17, 15) is 13.2 Å². The van der Waals surface area contributed by atoms with Gasteiger partial charge in [-0.2, -0.15) is 0 Å². The molecule has 1 nitrogen and oxygen atoms in total. The van der Waals surface area contributed by atoms with Crippen molar-refractivity contribution in [2.75, 3.05) is 0 Å². The molecular weight excluding hydrogens is 203 g/mol. The fourth-order valence-corrected chi connectivity index (χ4v) is 1.21. The molecule has 0 atom stereocenters. The van der Waals surface area contributed by atoms with Gasteiger partial charge in [0.15, 0.2) is 0 Å². The van der Waals surface area contributed by atoms with Crippen LogP contribution < -0.4 is 0 Å². The second kappa shape index (κ2) is 3.73. The molecule has 0 aliphatic rings. The summed E-state index contributed by atoms with van der Waals surface area (Å²) in [6.07, 6.45) is 1.33. The van der Waals surface area contributed by atoms with E-state index in [1.165, 1.54) is 12.3 Å². The second-order valence-electron chi connectivity index (χ2n) is 2.87. The zero-order chi connectivity index (χ0) is 10.8. The van der Waals surface area contributed by atoms with Crippen LogP contribution in [0.1, 0.15) is 0 Å². The predicted octanol–water partition coefficient (Wildman–Crippen LogP) is 2.97. The molecule has 4 heteroatoms. The van der Waals surface area contributed by atoms with Gasteiger partial charge in [0.1, 0.15) is 23.1 Å². The Morgan fingerprint density at radius 1 is 1.07 bits per heavy atom. The number of nitrogens with zero attached hydrogens (tertiary/aromatic N) is 1. The van der Waals surface area contributed by atoms with Crippen molar-refractivity contribution in [1.29, 1.82) is 0 Å². The zero-order valence-corrected chi connectivity index (χ0v) is 7.47. The summed E-state index contributed by atoms with van der Waals surface area (Å²) in [4.78, 5) is 3.68. The lowest BCUT2D eigenvalue weighted by molar-refractivity contribution is 0.578. The van der Waals surface area contributed by atoms with Crippen molar-refractivity contribution < 1.29 is 13.2 Å². The summed E-state index contributed by atoms with van der Waals surface area (Å²) in [6, 6.07) is 6.51. The first-order chi connectivity index (χ1) is 7.18. The molecule has 1 radical (unpaired) electrons. The fraction of sp³-hybridized carbons (Fsp3) is 0. The summed E-state index contributed by atoms with van der Waals surface area (Å²) >= 11 is 0. The highest BCUT2D eigenvalue weighted by Gasteiger charge is 2.11. The van der Waals surface area contributed by atoms with E-state index in [1.807, 2.05) is 6.07 Å². The van der Waals surface area contributed by atoms with Crippen molar-refractivity contribution in [1.82, 2.24) is 4.98 Å². The topological polar surface area (TPSA) is 12.9 Å². The first-order valence-corrected chi connectivity index (χ1v) is 4.16. The van der Waals surface area contributed by atoms with Gasteiger partial charge in [-0.1, -0.05) is 0 Å². The molecule has 75 valence electrons. The van der Waals surface area contributed by atoms with Crippen molar-refractivity contribution in [2.45, 2.75) is 0 Å². The van der Waals surface area contributed by atoms with Gasteiger partial charge < -0.3 is 0 Å². The molecule has 15 heavy (non-hydrogen) atoms. The van der Waals surface area contributed by atoms with Crippen LogP contribution in [0.15, 0.2) is 30.5 Å². The molecule has 0 bridgehead atoms. The summed E-state index contributed by atoms with van der Waals surface area (Å²) in [5, 5.41) is 0. The Morgan fingerprint density at radius 3 is 2.53 bits per heavy atom. The van der Waals surface area contributed by atoms with Crippen molar-refractivity contribution >= 4 is 0 Å². The van der Waals surface area contributed by atoms with Gasteiger partial charge in [-0.25, -0.2) is 13.2 Å². The third-order valence-electron chi connectivity index (χ3n) is 1.88. The van der Waals surface area contributed by atoms with Crippen molar-refractivity contribution in [3.63, 3.8) is 0 Å². The normalized spacial score (nSPS) is 10.3. The van der Waals surface area contributed by atoms with Gasteiger partial charge in [0.05, 0.1) is 6.07 Å². The molecule has 0 unspecified atom stereocenters. The van der Waals surface area contributed by atoms with Crippen molar-refractivity contribution in [3.05, 3.63) is 54.0 Å². The summed E-state index contributed by atoms with van der Waals surface area (Å²) in [5.74, 6) is -2.43. The SMILES string of the molecule is Fc1[c]c(F)c(-c2ncccc2F)cc1. The lowest BCUT2D eigenvalue weighted by atomic mass is 10.1. The molecule has 0 aliphatic carbocycles. The number of hydrogen-bond acceptors (Lipinski definition) is 1. The molecular formula is C11H5F3N. The van der Waals surface area contributed by atoms with E-state index in [0.717, 1.165) is 18.2 Å². The lowest BCUT2D eigenvalue weighted by Gasteiger charge is -2.02. The maximum Gasteiger partial charge on any atom is 0.149 e. The number of rotatable bonds is 1.